The lowest BCUT2D eigenvalue weighted by Gasteiger charge is -2.10. The molecule has 0 fully saturated rings. The van der Waals surface area contributed by atoms with Gasteiger partial charge in [-0.2, -0.15) is 0 Å². The monoisotopic (exact) mass is 324 g/mol. The molecule has 0 aromatic heterocycles. The summed E-state index contributed by atoms with van der Waals surface area (Å²) in [5.74, 6) is -0.298. The number of nitrogens with two attached hydrogens (primary N) is 2. The fourth-order valence-electron chi connectivity index (χ4n) is 1.44. The number of benzene rings is 2. The zero-order valence-electron chi connectivity index (χ0n) is 9.69. The van der Waals surface area contributed by atoms with Crippen molar-refractivity contribution in [3.8, 4) is 11.5 Å². The zero-order valence-corrected chi connectivity index (χ0v) is 11.3. The number of carbonyl (C=O) groups is 1. The normalized spacial score (nSPS) is 10.2. The van der Waals surface area contributed by atoms with E-state index < -0.39 is 11.7 Å². The van der Waals surface area contributed by atoms with Crippen LogP contribution in [0.2, 0.25) is 0 Å². The van der Waals surface area contributed by atoms with Gasteiger partial charge in [-0.15, -0.1) is 0 Å². The van der Waals surface area contributed by atoms with Crippen LogP contribution in [0.15, 0.2) is 40.9 Å². The summed E-state index contributed by atoms with van der Waals surface area (Å²) in [4.78, 5) is 11.1. The number of hydrogen-bond acceptors (Lipinski definition) is 3. The van der Waals surface area contributed by atoms with Crippen molar-refractivity contribution in [3.63, 3.8) is 0 Å². The fourth-order valence-corrected chi connectivity index (χ4v) is 1.80. The van der Waals surface area contributed by atoms with Crippen molar-refractivity contribution >= 4 is 27.5 Å². The van der Waals surface area contributed by atoms with Gasteiger partial charge in [-0.05, 0) is 52.3 Å². The standard InChI is InChI=1S/C13H10BrFN2O2/c14-9-6-8(2-3-10(9)15)19-12-5-7(13(17)18)1-4-11(12)16/h1-6H,16H2,(H2,17,18). The van der Waals surface area contributed by atoms with E-state index in [0.717, 1.165) is 0 Å². The number of anilines is 1. The number of ether oxygens (including phenoxy) is 1. The lowest BCUT2D eigenvalue weighted by atomic mass is 10.2. The lowest BCUT2D eigenvalue weighted by molar-refractivity contribution is 0.1000. The largest absolute Gasteiger partial charge is 0.455 e. The smallest absolute Gasteiger partial charge is 0.248 e. The summed E-state index contributed by atoms with van der Waals surface area (Å²) in [7, 11) is 0. The Morgan fingerprint density at radius 2 is 1.95 bits per heavy atom. The van der Waals surface area contributed by atoms with Gasteiger partial charge in [0.1, 0.15) is 11.6 Å². The van der Waals surface area contributed by atoms with Crippen molar-refractivity contribution in [3.05, 3.63) is 52.3 Å². The van der Waals surface area contributed by atoms with E-state index in [2.05, 4.69) is 15.9 Å². The number of hydrogen-bond donors (Lipinski definition) is 2. The van der Waals surface area contributed by atoms with Crippen molar-refractivity contribution in [2.45, 2.75) is 0 Å². The molecule has 0 saturated carbocycles. The van der Waals surface area contributed by atoms with Gasteiger partial charge >= 0.3 is 0 Å². The Labute approximate surface area is 117 Å². The summed E-state index contributed by atoms with van der Waals surface area (Å²) in [6.07, 6.45) is 0. The van der Waals surface area contributed by atoms with Gasteiger partial charge in [0.2, 0.25) is 5.91 Å². The van der Waals surface area contributed by atoms with E-state index in [1.807, 2.05) is 0 Å². The summed E-state index contributed by atoms with van der Waals surface area (Å²) in [5, 5.41) is 0. The van der Waals surface area contributed by atoms with Crippen LogP contribution in [0.5, 0.6) is 11.5 Å². The van der Waals surface area contributed by atoms with Gasteiger partial charge in [-0.1, -0.05) is 0 Å². The minimum absolute atomic E-state index is 0.273. The minimum atomic E-state index is -0.579. The highest BCUT2D eigenvalue weighted by Crippen LogP contribution is 2.30. The van der Waals surface area contributed by atoms with E-state index in [9.17, 15) is 9.18 Å². The van der Waals surface area contributed by atoms with Gasteiger partial charge in [-0.3, -0.25) is 4.79 Å². The average Bonchev–Trinajstić information content (AvgIpc) is 2.36. The molecule has 0 heterocycles. The molecule has 2 rings (SSSR count). The predicted octanol–water partition coefficient (Wildman–Crippen LogP) is 3.06. The first kappa shape index (κ1) is 13.4. The van der Waals surface area contributed by atoms with E-state index in [-0.39, 0.29) is 15.8 Å². The summed E-state index contributed by atoms with van der Waals surface area (Å²) in [6.45, 7) is 0. The zero-order chi connectivity index (χ0) is 14.0. The third kappa shape index (κ3) is 3.03. The topological polar surface area (TPSA) is 78.3 Å². The second-order valence-corrected chi connectivity index (χ2v) is 4.65. The molecule has 0 aliphatic heterocycles. The Balaban J connectivity index is 2.34. The second-order valence-electron chi connectivity index (χ2n) is 3.79. The van der Waals surface area contributed by atoms with E-state index in [0.29, 0.717) is 11.4 Å². The van der Waals surface area contributed by atoms with Gasteiger partial charge in [0.05, 0.1) is 10.2 Å². The Hall–Kier alpha value is -2.08. The molecule has 6 heteroatoms. The molecule has 1 amide bonds. The Kier molecular flexibility index (Phi) is 3.71. The van der Waals surface area contributed by atoms with Gasteiger partial charge in [0.25, 0.3) is 0 Å². The molecule has 0 bridgehead atoms. The van der Waals surface area contributed by atoms with Gasteiger partial charge in [-0.25, -0.2) is 4.39 Å². The molecular weight excluding hydrogens is 315 g/mol. The second kappa shape index (κ2) is 5.27. The number of primary amides is 1. The average molecular weight is 325 g/mol. The molecule has 0 radical (unpaired) electrons. The third-order valence-corrected chi connectivity index (χ3v) is 3.02. The molecule has 0 unspecified atom stereocenters. The van der Waals surface area contributed by atoms with Crippen LogP contribution in [0.4, 0.5) is 10.1 Å². The number of rotatable bonds is 3. The maximum Gasteiger partial charge on any atom is 0.248 e. The van der Waals surface area contributed by atoms with Gasteiger partial charge < -0.3 is 16.2 Å². The number of carbonyl (C=O) groups excluding carboxylic acids is 1. The SMILES string of the molecule is NC(=O)c1ccc(N)c(Oc2ccc(F)c(Br)c2)c1. The third-order valence-electron chi connectivity index (χ3n) is 2.42. The summed E-state index contributed by atoms with van der Waals surface area (Å²) < 4.78 is 18.9. The van der Waals surface area contributed by atoms with Gasteiger partial charge in [0.15, 0.2) is 5.75 Å². The van der Waals surface area contributed by atoms with E-state index >= 15 is 0 Å². The van der Waals surface area contributed by atoms with Crippen LogP contribution in [-0.4, -0.2) is 5.91 Å². The quantitative estimate of drug-likeness (QED) is 0.851. The van der Waals surface area contributed by atoms with E-state index in [1.54, 1.807) is 0 Å². The fraction of sp³-hybridized carbons (Fsp3) is 0. The lowest BCUT2D eigenvalue weighted by Crippen LogP contribution is -2.11. The summed E-state index contributed by atoms with van der Waals surface area (Å²) in [6, 6.07) is 8.64. The Morgan fingerprint density at radius 3 is 2.58 bits per heavy atom. The minimum Gasteiger partial charge on any atom is -0.455 e. The maximum absolute atomic E-state index is 13.1. The molecule has 0 atom stereocenters. The van der Waals surface area contributed by atoms with Crippen LogP contribution in [0.1, 0.15) is 10.4 Å². The molecule has 0 spiro atoms. The van der Waals surface area contributed by atoms with Crippen molar-refractivity contribution in [1.82, 2.24) is 0 Å². The number of nitrogen functional groups attached to an aromatic ring is 1. The van der Waals surface area contributed by atoms with Gasteiger partial charge in [0, 0.05) is 5.56 Å². The first-order valence-corrected chi connectivity index (χ1v) is 6.09. The van der Waals surface area contributed by atoms with E-state index in [1.165, 1.54) is 36.4 Å². The molecule has 0 aliphatic carbocycles. The summed E-state index contributed by atoms with van der Waals surface area (Å²) >= 11 is 3.06. The van der Waals surface area contributed by atoms with Crippen molar-refractivity contribution in [2.24, 2.45) is 5.73 Å². The highest BCUT2D eigenvalue weighted by molar-refractivity contribution is 9.10. The van der Waals surface area contributed by atoms with Crippen molar-refractivity contribution in [1.29, 1.82) is 0 Å². The Morgan fingerprint density at radius 1 is 1.21 bits per heavy atom. The molecule has 98 valence electrons. The molecule has 19 heavy (non-hydrogen) atoms. The molecule has 0 saturated heterocycles. The molecular formula is C13H10BrFN2O2. The molecule has 0 aliphatic rings. The van der Waals surface area contributed by atoms with Crippen LogP contribution in [0.25, 0.3) is 0 Å². The predicted molar refractivity (Wildman–Crippen MR) is 73.5 cm³/mol. The van der Waals surface area contributed by atoms with E-state index in [4.69, 9.17) is 16.2 Å². The first-order chi connectivity index (χ1) is 8.97. The molecule has 2 aromatic rings. The summed E-state index contributed by atoms with van der Waals surface area (Å²) in [5.41, 5.74) is 11.6. The Bertz CT molecular complexity index is 647. The highest BCUT2D eigenvalue weighted by Gasteiger charge is 2.08. The van der Waals surface area contributed by atoms with Crippen molar-refractivity contribution in [2.75, 3.05) is 5.73 Å². The molecule has 2 aromatic carbocycles. The number of amides is 1. The van der Waals surface area contributed by atoms with Crippen molar-refractivity contribution < 1.29 is 13.9 Å². The molecule has 4 nitrogen and oxygen atoms in total. The first-order valence-electron chi connectivity index (χ1n) is 5.29. The molecule has 4 N–H and O–H groups in total. The number of halogens is 2. The van der Waals surface area contributed by atoms with Crippen LogP contribution in [0.3, 0.4) is 0 Å². The van der Waals surface area contributed by atoms with Crippen LogP contribution < -0.4 is 16.2 Å². The maximum atomic E-state index is 13.1. The van der Waals surface area contributed by atoms with Crippen LogP contribution in [0, 0.1) is 5.82 Å². The van der Waals surface area contributed by atoms with Crippen LogP contribution >= 0.6 is 15.9 Å². The van der Waals surface area contributed by atoms with Crippen LogP contribution in [-0.2, 0) is 0 Å². The highest BCUT2D eigenvalue weighted by atomic mass is 79.9.